The molecule has 0 spiro atoms. The number of carbonyl (C=O) groups is 1. The maximum Gasteiger partial charge on any atom is 0.410 e. The van der Waals surface area contributed by atoms with Crippen molar-refractivity contribution >= 4 is 17.4 Å². The molecule has 3 rings (SSSR count). The van der Waals surface area contributed by atoms with Crippen LogP contribution in [0.5, 0.6) is 0 Å². The largest absolute Gasteiger partial charge is 0.444 e. The van der Waals surface area contributed by atoms with Crippen molar-refractivity contribution < 1.29 is 9.53 Å². The molecule has 2 aromatic rings. The topological polar surface area (TPSA) is 58.2 Å². The predicted molar refractivity (Wildman–Crippen MR) is 82.2 cm³/mol. The van der Waals surface area contributed by atoms with E-state index >= 15 is 0 Å². The summed E-state index contributed by atoms with van der Waals surface area (Å²) in [5, 5.41) is 11.6. The molecule has 0 saturated heterocycles. The van der Waals surface area contributed by atoms with Crippen molar-refractivity contribution in [3.8, 4) is 11.3 Å². The summed E-state index contributed by atoms with van der Waals surface area (Å²) in [7, 11) is 0. The molecule has 0 unspecified atom stereocenters. The van der Waals surface area contributed by atoms with E-state index in [1.165, 1.54) is 0 Å². The Bertz CT molecular complexity index is 640. The van der Waals surface area contributed by atoms with Gasteiger partial charge in [0.25, 0.3) is 0 Å². The molecular formula is C15H19N3O2S. The third kappa shape index (κ3) is 2.95. The van der Waals surface area contributed by atoms with Gasteiger partial charge >= 0.3 is 6.09 Å². The highest BCUT2D eigenvalue weighted by Crippen LogP contribution is 2.30. The Morgan fingerprint density at radius 3 is 2.95 bits per heavy atom. The number of rotatable bonds is 1. The molecule has 0 aliphatic carbocycles. The van der Waals surface area contributed by atoms with Crippen molar-refractivity contribution in [3.63, 3.8) is 0 Å². The van der Waals surface area contributed by atoms with Crippen molar-refractivity contribution in [3.05, 3.63) is 28.1 Å². The van der Waals surface area contributed by atoms with Crippen LogP contribution in [-0.2, 0) is 17.7 Å². The molecule has 1 aliphatic heterocycles. The number of hydrogen-bond donors (Lipinski definition) is 1. The SMILES string of the molecule is CC(C)(C)OC(=O)N1CCc2[nH]nc(-c3ccsc3)c2C1. The minimum absolute atomic E-state index is 0.259. The minimum Gasteiger partial charge on any atom is -0.444 e. The highest BCUT2D eigenvalue weighted by Gasteiger charge is 2.28. The van der Waals surface area contributed by atoms with Crippen LogP contribution < -0.4 is 0 Å². The standard InChI is InChI=1S/C15H19N3O2S/c1-15(2,3)20-14(19)18-6-4-12-11(8-18)13(17-16-12)10-5-7-21-9-10/h5,7,9H,4,6,8H2,1-3H3,(H,16,17). The van der Waals surface area contributed by atoms with E-state index < -0.39 is 5.60 Å². The molecule has 112 valence electrons. The first kappa shape index (κ1) is 14.1. The van der Waals surface area contributed by atoms with E-state index in [1.807, 2.05) is 32.2 Å². The van der Waals surface area contributed by atoms with E-state index in [9.17, 15) is 4.79 Å². The third-order valence-corrected chi connectivity index (χ3v) is 4.06. The monoisotopic (exact) mass is 305 g/mol. The van der Waals surface area contributed by atoms with Gasteiger partial charge in [-0.25, -0.2) is 4.79 Å². The number of ether oxygens (including phenoxy) is 1. The average molecular weight is 305 g/mol. The molecule has 0 bridgehead atoms. The van der Waals surface area contributed by atoms with E-state index in [0.717, 1.165) is 28.9 Å². The maximum absolute atomic E-state index is 12.2. The van der Waals surface area contributed by atoms with E-state index in [2.05, 4.69) is 15.6 Å². The summed E-state index contributed by atoms with van der Waals surface area (Å²) in [5.41, 5.74) is 3.80. The lowest BCUT2D eigenvalue weighted by Crippen LogP contribution is -2.39. The summed E-state index contributed by atoms with van der Waals surface area (Å²) in [5.74, 6) is 0. The van der Waals surface area contributed by atoms with Crippen LogP contribution >= 0.6 is 11.3 Å². The van der Waals surface area contributed by atoms with Gasteiger partial charge < -0.3 is 9.64 Å². The molecule has 1 N–H and O–H groups in total. The molecule has 0 aromatic carbocycles. The molecule has 6 heteroatoms. The number of amides is 1. The van der Waals surface area contributed by atoms with Gasteiger partial charge in [-0.1, -0.05) is 0 Å². The number of fused-ring (bicyclic) bond motifs is 1. The highest BCUT2D eigenvalue weighted by atomic mass is 32.1. The van der Waals surface area contributed by atoms with Gasteiger partial charge in [0.2, 0.25) is 0 Å². The number of nitrogens with zero attached hydrogens (tertiary/aromatic N) is 2. The van der Waals surface area contributed by atoms with Crippen LogP contribution in [0.1, 0.15) is 32.0 Å². The molecule has 1 amide bonds. The predicted octanol–water partition coefficient (Wildman–Crippen LogP) is 3.43. The van der Waals surface area contributed by atoms with Crippen LogP contribution in [0, 0.1) is 0 Å². The zero-order chi connectivity index (χ0) is 15.0. The molecule has 5 nitrogen and oxygen atoms in total. The Labute approximate surface area is 127 Å². The smallest absolute Gasteiger partial charge is 0.410 e. The molecule has 2 aromatic heterocycles. The molecule has 0 saturated carbocycles. The van der Waals surface area contributed by atoms with E-state index in [0.29, 0.717) is 13.1 Å². The Kier molecular flexibility index (Phi) is 3.49. The lowest BCUT2D eigenvalue weighted by atomic mass is 10.0. The van der Waals surface area contributed by atoms with Crippen molar-refractivity contribution in [1.29, 1.82) is 0 Å². The molecule has 21 heavy (non-hydrogen) atoms. The lowest BCUT2D eigenvalue weighted by Gasteiger charge is -2.30. The molecule has 3 heterocycles. The molecule has 1 aliphatic rings. The second-order valence-corrected chi connectivity index (χ2v) is 6.97. The van der Waals surface area contributed by atoms with Crippen molar-refractivity contribution in [2.45, 2.75) is 39.3 Å². The summed E-state index contributed by atoms with van der Waals surface area (Å²) in [4.78, 5) is 14.0. The van der Waals surface area contributed by atoms with Gasteiger partial charge in [-0.3, -0.25) is 5.10 Å². The molecular weight excluding hydrogens is 286 g/mol. The van der Waals surface area contributed by atoms with E-state index in [1.54, 1.807) is 16.2 Å². The number of thiophene rings is 1. The first-order chi connectivity index (χ1) is 9.94. The normalized spacial score (nSPS) is 14.9. The van der Waals surface area contributed by atoms with Gasteiger partial charge in [-0.05, 0) is 32.2 Å². The fraction of sp³-hybridized carbons (Fsp3) is 0.467. The number of H-pyrrole nitrogens is 1. The summed E-state index contributed by atoms with van der Waals surface area (Å²) in [6.07, 6.45) is 0.525. The molecule has 0 radical (unpaired) electrons. The van der Waals surface area contributed by atoms with E-state index in [-0.39, 0.29) is 6.09 Å². The minimum atomic E-state index is -0.468. The number of aromatic nitrogens is 2. The lowest BCUT2D eigenvalue weighted by molar-refractivity contribution is 0.0224. The number of nitrogens with one attached hydrogen (secondary N) is 1. The number of aromatic amines is 1. The summed E-state index contributed by atoms with van der Waals surface area (Å²) in [6, 6.07) is 2.05. The van der Waals surface area contributed by atoms with Gasteiger partial charge in [-0.15, -0.1) is 0 Å². The van der Waals surface area contributed by atoms with Gasteiger partial charge in [0.05, 0.1) is 12.2 Å². The Morgan fingerprint density at radius 2 is 2.29 bits per heavy atom. The summed E-state index contributed by atoms with van der Waals surface area (Å²) >= 11 is 1.64. The Morgan fingerprint density at radius 1 is 1.48 bits per heavy atom. The van der Waals surface area contributed by atoms with Crippen molar-refractivity contribution in [2.75, 3.05) is 6.54 Å². The first-order valence-electron chi connectivity index (χ1n) is 7.00. The van der Waals surface area contributed by atoms with Crippen LogP contribution in [0.2, 0.25) is 0 Å². The van der Waals surface area contributed by atoms with Crippen LogP contribution in [0.3, 0.4) is 0 Å². The van der Waals surface area contributed by atoms with Gasteiger partial charge in [-0.2, -0.15) is 16.4 Å². The van der Waals surface area contributed by atoms with Crippen LogP contribution in [0.25, 0.3) is 11.3 Å². The van der Waals surface area contributed by atoms with Crippen LogP contribution in [0.4, 0.5) is 4.79 Å². The Hall–Kier alpha value is -1.82. The average Bonchev–Trinajstić information content (AvgIpc) is 3.04. The fourth-order valence-electron chi connectivity index (χ4n) is 2.42. The second-order valence-electron chi connectivity index (χ2n) is 6.19. The van der Waals surface area contributed by atoms with Crippen LogP contribution in [0.15, 0.2) is 16.8 Å². The van der Waals surface area contributed by atoms with Crippen molar-refractivity contribution in [1.82, 2.24) is 15.1 Å². The van der Waals surface area contributed by atoms with Crippen molar-refractivity contribution in [2.24, 2.45) is 0 Å². The summed E-state index contributed by atoms with van der Waals surface area (Å²) in [6.45, 7) is 6.86. The maximum atomic E-state index is 12.2. The number of carbonyl (C=O) groups excluding carboxylic acids is 1. The number of hydrogen-bond acceptors (Lipinski definition) is 4. The van der Waals surface area contributed by atoms with Gasteiger partial charge in [0.1, 0.15) is 5.60 Å². The first-order valence-corrected chi connectivity index (χ1v) is 7.95. The third-order valence-electron chi connectivity index (χ3n) is 3.38. The Balaban J connectivity index is 1.82. The second kappa shape index (κ2) is 5.18. The fourth-order valence-corrected chi connectivity index (χ4v) is 3.06. The molecule has 0 fully saturated rings. The zero-order valence-corrected chi connectivity index (χ0v) is 13.3. The van der Waals surface area contributed by atoms with E-state index in [4.69, 9.17) is 4.74 Å². The zero-order valence-electron chi connectivity index (χ0n) is 12.5. The van der Waals surface area contributed by atoms with Crippen LogP contribution in [-0.4, -0.2) is 33.3 Å². The highest BCUT2D eigenvalue weighted by molar-refractivity contribution is 7.08. The quantitative estimate of drug-likeness (QED) is 0.878. The van der Waals surface area contributed by atoms with Gasteiger partial charge in [0.15, 0.2) is 0 Å². The molecule has 0 atom stereocenters. The van der Waals surface area contributed by atoms with Gasteiger partial charge in [0, 0.05) is 35.2 Å². The summed E-state index contributed by atoms with van der Waals surface area (Å²) < 4.78 is 5.46.